The molecule has 0 radical (unpaired) electrons. The van der Waals surface area contributed by atoms with Crippen LogP contribution in [-0.4, -0.2) is 23.0 Å². The predicted octanol–water partition coefficient (Wildman–Crippen LogP) is 1.42. The highest BCUT2D eigenvalue weighted by molar-refractivity contribution is 5.92. The Bertz CT molecular complexity index is 529. The van der Waals surface area contributed by atoms with Gasteiger partial charge in [-0.25, -0.2) is 9.97 Å². The Morgan fingerprint density at radius 2 is 2.17 bits per heavy atom. The molecule has 0 aliphatic carbocycles. The molecule has 92 valence electrons. The minimum atomic E-state index is -0.233. The average Bonchev–Trinajstić information content (AvgIpc) is 2.46. The van der Waals surface area contributed by atoms with Crippen LogP contribution in [0.15, 0.2) is 42.9 Å². The molecule has 5 heteroatoms. The Morgan fingerprint density at radius 1 is 1.33 bits per heavy atom. The predicted molar refractivity (Wildman–Crippen MR) is 66.2 cm³/mol. The molecular formula is C13H13N3O2. The molecule has 0 aliphatic rings. The monoisotopic (exact) mass is 243 g/mol. The van der Waals surface area contributed by atoms with E-state index in [1.165, 1.54) is 12.5 Å². The molecule has 1 heterocycles. The van der Waals surface area contributed by atoms with Crippen molar-refractivity contribution in [1.82, 2.24) is 15.3 Å². The van der Waals surface area contributed by atoms with Crippen LogP contribution in [0.4, 0.5) is 0 Å². The van der Waals surface area contributed by atoms with Gasteiger partial charge in [-0.2, -0.15) is 0 Å². The van der Waals surface area contributed by atoms with Crippen LogP contribution in [0.25, 0.3) is 0 Å². The quantitative estimate of drug-likeness (QED) is 0.882. The summed E-state index contributed by atoms with van der Waals surface area (Å²) in [6.45, 7) is 0.396. The topological polar surface area (TPSA) is 64.1 Å². The molecule has 1 N–H and O–H groups in total. The third-order valence-corrected chi connectivity index (χ3v) is 2.45. The first-order chi connectivity index (χ1) is 8.81. The molecule has 0 saturated heterocycles. The summed E-state index contributed by atoms with van der Waals surface area (Å²) in [5.41, 5.74) is 1.27. The van der Waals surface area contributed by atoms with Gasteiger partial charge < -0.3 is 10.1 Å². The minimum Gasteiger partial charge on any atom is -0.496 e. The number of nitrogens with zero attached hydrogens (tertiary/aromatic N) is 2. The Labute approximate surface area is 105 Å². The van der Waals surface area contributed by atoms with Crippen molar-refractivity contribution in [2.75, 3.05) is 7.11 Å². The molecule has 0 spiro atoms. The van der Waals surface area contributed by atoms with Crippen molar-refractivity contribution < 1.29 is 9.53 Å². The summed E-state index contributed by atoms with van der Waals surface area (Å²) in [5.74, 6) is 0.517. The van der Waals surface area contributed by atoms with E-state index in [0.29, 0.717) is 12.2 Å². The number of carbonyl (C=O) groups excluding carboxylic acids is 1. The zero-order valence-electron chi connectivity index (χ0n) is 9.96. The third-order valence-electron chi connectivity index (χ3n) is 2.45. The Hall–Kier alpha value is -2.43. The van der Waals surface area contributed by atoms with Gasteiger partial charge in [-0.1, -0.05) is 18.2 Å². The number of benzene rings is 1. The van der Waals surface area contributed by atoms with E-state index in [0.717, 1.165) is 11.3 Å². The molecule has 0 atom stereocenters. The fourth-order valence-corrected chi connectivity index (χ4v) is 1.54. The molecule has 1 aromatic carbocycles. The van der Waals surface area contributed by atoms with Crippen LogP contribution < -0.4 is 10.1 Å². The second kappa shape index (κ2) is 5.77. The standard InChI is InChI=1S/C13H13N3O2/c1-18-12-5-3-2-4-10(12)8-15-13(17)11-6-7-14-9-16-11/h2-7,9H,8H2,1H3,(H,15,17). The zero-order chi connectivity index (χ0) is 12.8. The second-order valence-electron chi connectivity index (χ2n) is 3.59. The van der Waals surface area contributed by atoms with Crippen molar-refractivity contribution in [3.05, 3.63) is 54.1 Å². The van der Waals surface area contributed by atoms with E-state index in [2.05, 4.69) is 15.3 Å². The van der Waals surface area contributed by atoms with Crippen molar-refractivity contribution >= 4 is 5.91 Å². The molecule has 2 aromatic rings. The lowest BCUT2D eigenvalue weighted by atomic mass is 10.2. The van der Waals surface area contributed by atoms with Crippen molar-refractivity contribution in [2.45, 2.75) is 6.54 Å². The maximum absolute atomic E-state index is 11.8. The maximum atomic E-state index is 11.8. The molecule has 0 saturated carbocycles. The van der Waals surface area contributed by atoms with Crippen LogP contribution in [0.2, 0.25) is 0 Å². The maximum Gasteiger partial charge on any atom is 0.270 e. The van der Waals surface area contributed by atoms with E-state index in [9.17, 15) is 4.79 Å². The summed E-state index contributed by atoms with van der Waals surface area (Å²) < 4.78 is 5.21. The summed E-state index contributed by atoms with van der Waals surface area (Å²) in [7, 11) is 1.60. The normalized spacial score (nSPS) is 9.83. The van der Waals surface area contributed by atoms with Crippen molar-refractivity contribution in [3.63, 3.8) is 0 Å². The summed E-state index contributed by atoms with van der Waals surface area (Å²) in [6, 6.07) is 9.10. The fraction of sp³-hybridized carbons (Fsp3) is 0.154. The van der Waals surface area contributed by atoms with E-state index in [1.807, 2.05) is 24.3 Å². The lowest BCUT2D eigenvalue weighted by Crippen LogP contribution is -2.24. The largest absolute Gasteiger partial charge is 0.496 e. The van der Waals surface area contributed by atoms with Crippen LogP contribution in [0.1, 0.15) is 16.1 Å². The fourth-order valence-electron chi connectivity index (χ4n) is 1.54. The summed E-state index contributed by atoms with van der Waals surface area (Å²) in [5, 5.41) is 2.78. The SMILES string of the molecule is COc1ccccc1CNC(=O)c1ccncn1. The summed E-state index contributed by atoms with van der Waals surface area (Å²) >= 11 is 0. The van der Waals surface area contributed by atoms with Gasteiger partial charge in [0.25, 0.3) is 5.91 Å². The zero-order valence-corrected chi connectivity index (χ0v) is 9.96. The molecule has 1 aromatic heterocycles. The molecule has 2 rings (SSSR count). The molecule has 1 amide bonds. The van der Waals surface area contributed by atoms with Crippen molar-refractivity contribution in [1.29, 1.82) is 0 Å². The van der Waals surface area contributed by atoms with Crippen LogP contribution in [-0.2, 0) is 6.54 Å². The lowest BCUT2D eigenvalue weighted by molar-refractivity contribution is 0.0945. The van der Waals surface area contributed by atoms with Gasteiger partial charge in [0.05, 0.1) is 7.11 Å². The van der Waals surface area contributed by atoms with Gasteiger partial charge in [0, 0.05) is 18.3 Å². The summed E-state index contributed by atoms with van der Waals surface area (Å²) in [6.07, 6.45) is 2.88. The van der Waals surface area contributed by atoms with E-state index in [4.69, 9.17) is 4.74 Å². The average molecular weight is 243 g/mol. The van der Waals surface area contributed by atoms with Gasteiger partial charge in [-0.15, -0.1) is 0 Å². The first-order valence-electron chi connectivity index (χ1n) is 5.47. The Kier molecular flexibility index (Phi) is 3.86. The number of methoxy groups -OCH3 is 1. The first kappa shape index (κ1) is 12.0. The van der Waals surface area contributed by atoms with Crippen molar-refractivity contribution in [3.8, 4) is 5.75 Å². The van der Waals surface area contributed by atoms with Crippen molar-refractivity contribution in [2.24, 2.45) is 0 Å². The smallest absolute Gasteiger partial charge is 0.270 e. The molecule has 0 fully saturated rings. The Morgan fingerprint density at radius 3 is 2.89 bits per heavy atom. The minimum absolute atomic E-state index is 0.233. The number of hydrogen-bond acceptors (Lipinski definition) is 4. The molecule has 5 nitrogen and oxygen atoms in total. The number of carbonyl (C=O) groups is 1. The van der Waals surface area contributed by atoms with Crippen LogP contribution >= 0.6 is 0 Å². The highest BCUT2D eigenvalue weighted by atomic mass is 16.5. The summed E-state index contributed by atoms with van der Waals surface area (Å²) in [4.78, 5) is 19.4. The van der Waals surface area contributed by atoms with Crippen LogP contribution in [0.5, 0.6) is 5.75 Å². The molecule has 18 heavy (non-hydrogen) atoms. The Balaban J connectivity index is 2.02. The number of rotatable bonds is 4. The number of aromatic nitrogens is 2. The van der Waals surface area contributed by atoms with Gasteiger partial charge in [-0.3, -0.25) is 4.79 Å². The van der Waals surface area contributed by atoms with E-state index in [-0.39, 0.29) is 5.91 Å². The first-order valence-corrected chi connectivity index (χ1v) is 5.47. The number of hydrogen-bond donors (Lipinski definition) is 1. The number of nitrogens with one attached hydrogen (secondary N) is 1. The third kappa shape index (κ3) is 2.82. The van der Waals surface area contributed by atoms with Gasteiger partial charge in [0.15, 0.2) is 0 Å². The molecule has 0 aliphatic heterocycles. The van der Waals surface area contributed by atoms with Crippen LogP contribution in [0, 0.1) is 0 Å². The van der Waals surface area contributed by atoms with E-state index in [1.54, 1.807) is 13.2 Å². The van der Waals surface area contributed by atoms with Crippen LogP contribution in [0.3, 0.4) is 0 Å². The van der Waals surface area contributed by atoms with Gasteiger partial charge in [-0.05, 0) is 12.1 Å². The van der Waals surface area contributed by atoms with Gasteiger partial charge >= 0.3 is 0 Å². The van der Waals surface area contributed by atoms with E-state index >= 15 is 0 Å². The molecule has 0 unspecified atom stereocenters. The number of para-hydroxylation sites is 1. The number of ether oxygens (including phenoxy) is 1. The van der Waals surface area contributed by atoms with Gasteiger partial charge in [0.2, 0.25) is 0 Å². The molecular weight excluding hydrogens is 230 g/mol. The molecule has 0 bridgehead atoms. The highest BCUT2D eigenvalue weighted by Gasteiger charge is 2.07. The van der Waals surface area contributed by atoms with E-state index < -0.39 is 0 Å². The van der Waals surface area contributed by atoms with Gasteiger partial charge in [0.1, 0.15) is 17.8 Å². The second-order valence-corrected chi connectivity index (χ2v) is 3.59. The highest BCUT2D eigenvalue weighted by Crippen LogP contribution is 2.16. The lowest BCUT2D eigenvalue weighted by Gasteiger charge is -2.08. The number of amides is 1.